The third-order valence-electron chi connectivity index (χ3n) is 7.66. The van der Waals surface area contributed by atoms with E-state index in [1.807, 2.05) is 17.8 Å². The zero-order valence-corrected chi connectivity index (χ0v) is 18.9. The largest absolute Gasteiger partial charge is 0.455 e. The first-order chi connectivity index (χ1) is 16.9. The Morgan fingerprint density at radius 2 is 1.44 bits per heavy atom. The molecule has 34 heavy (non-hydrogen) atoms. The predicted molar refractivity (Wildman–Crippen MR) is 143 cm³/mol. The minimum atomic E-state index is 0.246. The number of fused-ring (bicyclic) bond motifs is 11. The molecule has 0 amide bonds. The number of rotatable bonds is 0. The van der Waals surface area contributed by atoms with E-state index in [9.17, 15) is 0 Å². The van der Waals surface area contributed by atoms with Crippen LogP contribution in [0.2, 0.25) is 0 Å². The Hall–Kier alpha value is -3.89. The molecular weight excluding hydrogens is 433 g/mol. The second-order valence-electron chi connectivity index (χ2n) is 9.28. The first kappa shape index (κ1) is 17.6. The molecule has 0 atom stereocenters. The molecule has 0 radical (unpaired) electrons. The highest BCUT2D eigenvalue weighted by Crippen LogP contribution is 2.42. The van der Waals surface area contributed by atoms with Gasteiger partial charge in [-0.2, -0.15) is 0 Å². The number of para-hydroxylation sites is 2. The van der Waals surface area contributed by atoms with Crippen LogP contribution >= 0.6 is 11.8 Å². The number of benzene rings is 5. The summed E-state index contributed by atoms with van der Waals surface area (Å²) in [4.78, 5) is 2.72. The van der Waals surface area contributed by atoms with Gasteiger partial charge < -0.3 is 8.98 Å². The van der Waals surface area contributed by atoms with Crippen LogP contribution in [0.4, 0.5) is 0 Å². The minimum absolute atomic E-state index is 0.246. The second-order valence-corrected chi connectivity index (χ2v) is 10.4. The average Bonchev–Trinajstić information content (AvgIpc) is 3.43. The van der Waals surface area contributed by atoms with Crippen LogP contribution in [0.1, 0.15) is 0 Å². The highest BCUT2D eigenvalue weighted by atomic mass is 32.2. The molecule has 2 aromatic heterocycles. The van der Waals surface area contributed by atoms with Gasteiger partial charge in [0.1, 0.15) is 11.2 Å². The highest BCUT2D eigenvalue weighted by Gasteiger charge is 2.39. The quantitative estimate of drug-likeness (QED) is 0.265. The maximum atomic E-state index is 6.51. The van der Waals surface area contributed by atoms with Gasteiger partial charge in [0, 0.05) is 37.2 Å². The van der Waals surface area contributed by atoms with Crippen molar-refractivity contribution >= 4 is 78.6 Å². The highest BCUT2D eigenvalue weighted by molar-refractivity contribution is 8.00. The van der Waals surface area contributed by atoms with Crippen LogP contribution in [0, 0.1) is 0 Å². The lowest BCUT2D eigenvalue weighted by Gasteiger charge is -2.33. The van der Waals surface area contributed by atoms with Crippen molar-refractivity contribution in [2.75, 3.05) is 0 Å². The van der Waals surface area contributed by atoms with E-state index < -0.39 is 0 Å². The molecule has 156 valence electrons. The SMILES string of the molecule is c1ccc2c(c1)Sc1cccc3c1B2c1cccc2c4c5oc6ccccc6c5ccc4n-3c12. The van der Waals surface area contributed by atoms with Gasteiger partial charge in [0.05, 0.1) is 10.9 Å². The van der Waals surface area contributed by atoms with Gasteiger partial charge in [-0.15, -0.1) is 0 Å². The molecule has 0 bridgehead atoms. The molecule has 0 saturated heterocycles. The van der Waals surface area contributed by atoms with Crippen LogP contribution in [0.3, 0.4) is 0 Å². The van der Waals surface area contributed by atoms with Crippen molar-refractivity contribution in [1.82, 2.24) is 4.57 Å². The molecule has 9 rings (SSSR count). The molecule has 5 aromatic carbocycles. The summed E-state index contributed by atoms with van der Waals surface area (Å²) in [5, 5.41) is 4.84. The van der Waals surface area contributed by atoms with Gasteiger partial charge >= 0.3 is 0 Å². The lowest BCUT2D eigenvalue weighted by Crippen LogP contribution is -2.58. The molecule has 2 nitrogen and oxygen atoms in total. The van der Waals surface area contributed by atoms with Gasteiger partial charge in [0.15, 0.2) is 0 Å². The van der Waals surface area contributed by atoms with Crippen LogP contribution in [-0.2, 0) is 0 Å². The summed E-state index contributed by atoms with van der Waals surface area (Å²) in [6, 6.07) is 35.4. The Balaban J connectivity index is 1.53. The predicted octanol–water partition coefficient (Wildman–Crippen LogP) is 5.98. The first-order valence-electron chi connectivity index (χ1n) is 11.7. The van der Waals surface area contributed by atoms with Gasteiger partial charge in [-0.3, -0.25) is 0 Å². The number of furan rings is 1. The Bertz CT molecular complexity index is 2010. The summed E-state index contributed by atoms with van der Waals surface area (Å²) in [6.45, 7) is 0.246. The minimum Gasteiger partial charge on any atom is -0.455 e. The fraction of sp³-hybridized carbons (Fsp3) is 0. The van der Waals surface area contributed by atoms with Crippen molar-refractivity contribution in [2.24, 2.45) is 0 Å². The molecule has 0 unspecified atom stereocenters. The third kappa shape index (κ3) is 1.94. The Morgan fingerprint density at radius 1 is 0.647 bits per heavy atom. The van der Waals surface area contributed by atoms with Crippen molar-refractivity contribution in [2.45, 2.75) is 9.79 Å². The van der Waals surface area contributed by atoms with Gasteiger partial charge in [-0.1, -0.05) is 77.9 Å². The standard InChI is InChI=1S/C30H16BNOS/c1-3-12-24-17(7-1)18-15-16-22-27(30(18)33-24)19-8-5-10-21-29(19)32(22)23-11-6-14-26-28(23)31(21)20-9-2-4-13-25(20)34-26/h1-16H. The Labute approximate surface area is 199 Å². The number of nitrogens with zero attached hydrogens (tertiary/aromatic N) is 1. The van der Waals surface area contributed by atoms with Crippen LogP contribution in [0.5, 0.6) is 0 Å². The van der Waals surface area contributed by atoms with Crippen molar-refractivity contribution in [3.8, 4) is 5.69 Å². The van der Waals surface area contributed by atoms with E-state index in [0.29, 0.717) is 0 Å². The van der Waals surface area contributed by atoms with Gasteiger partial charge in [0.25, 0.3) is 0 Å². The van der Waals surface area contributed by atoms with E-state index >= 15 is 0 Å². The second kappa shape index (κ2) is 5.96. The Kier molecular flexibility index (Phi) is 3.08. The normalized spacial score (nSPS) is 13.7. The first-order valence-corrected chi connectivity index (χ1v) is 12.5. The third-order valence-corrected chi connectivity index (χ3v) is 8.83. The molecular formula is C30H16BNOS. The van der Waals surface area contributed by atoms with E-state index in [1.54, 1.807) is 0 Å². The van der Waals surface area contributed by atoms with Crippen LogP contribution < -0.4 is 16.4 Å². The maximum Gasteiger partial charge on any atom is 0.249 e. The zero-order chi connectivity index (χ0) is 22.0. The van der Waals surface area contributed by atoms with Crippen LogP contribution in [0.25, 0.3) is 49.4 Å². The van der Waals surface area contributed by atoms with Gasteiger partial charge in [-0.25, -0.2) is 0 Å². The summed E-state index contributed by atoms with van der Waals surface area (Å²) in [5.41, 5.74) is 9.95. The summed E-state index contributed by atoms with van der Waals surface area (Å²) < 4.78 is 8.99. The fourth-order valence-electron chi connectivity index (χ4n) is 6.36. The molecule has 2 aliphatic heterocycles. The fourth-order valence-corrected chi connectivity index (χ4v) is 7.52. The van der Waals surface area contributed by atoms with Gasteiger partial charge in [-0.05, 0) is 47.3 Å². The molecule has 4 heterocycles. The number of hydrogen-bond donors (Lipinski definition) is 0. The van der Waals surface area contributed by atoms with Crippen molar-refractivity contribution < 1.29 is 4.42 Å². The summed E-state index contributed by atoms with van der Waals surface area (Å²) in [5.74, 6) is 0. The molecule has 0 spiro atoms. The topological polar surface area (TPSA) is 18.1 Å². The monoisotopic (exact) mass is 449 g/mol. The van der Waals surface area contributed by atoms with E-state index in [1.165, 1.54) is 64.4 Å². The van der Waals surface area contributed by atoms with Crippen LogP contribution in [-0.4, -0.2) is 11.3 Å². The van der Waals surface area contributed by atoms with Crippen molar-refractivity contribution in [3.63, 3.8) is 0 Å². The number of hydrogen-bond acceptors (Lipinski definition) is 2. The lowest BCUT2D eigenvalue weighted by molar-refractivity contribution is 0.673. The van der Waals surface area contributed by atoms with Crippen molar-refractivity contribution in [1.29, 1.82) is 0 Å². The van der Waals surface area contributed by atoms with E-state index in [4.69, 9.17) is 4.42 Å². The number of aromatic nitrogens is 1. The molecule has 0 aliphatic carbocycles. The molecule has 0 N–H and O–H groups in total. The molecule has 0 fully saturated rings. The van der Waals surface area contributed by atoms with E-state index in [0.717, 1.165) is 11.2 Å². The molecule has 7 aromatic rings. The van der Waals surface area contributed by atoms with Crippen molar-refractivity contribution in [3.05, 3.63) is 97.1 Å². The summed E-state index contributed by atoms with van der Waals surface area (Å²) in [7, 11) is 0. The van der Waals surface area contributed by atoms with Crippen LogP contribution in [0.15, 0.2) is 111 Å². The lowest BCUT2D eigenvalue weighted by atomic mass is 9.35. The zero-order valence-electron chi connectivity index (χ0n) is 18.1. The maximum absolute atomic E-state index is 6.51. The molecule has 0 saturated carbocycles. The molecule has 2 aliphatic rings. The van der Waals surface area contributed by atoms with E-state index in [-0.39, 0.29) is 6.71 Å². The summed E-state index contributed by atoms with van der Waals surface area (Å²) in [6.07, 6.45) is 0. The average molecular weight is 449 g/mol. The Morgan fingerprint density at radius 3 is 2.44 bits per heavy atom. The van der Waals surface area contributed by atoms with Gasteiger partial charge in [0.2, 0.25) is 6.71 Å². The van der Waals surface area contributed by atoms with E-state index in [2.05, 4.69) is 95.6 Å². The molecule has 4 heteroatoms. The summed E-state index contributed by atoms with van der Waals surface area (Å²) >= 11 is 1.90. The smallest absolute Gasteiger partial charge is 0.249 e.